The van der Waals surface area contributed by atoms with Gasteiger partial charge in [-0.25, -0.2) is 4.79 Å². The van der Waals surface area contributed by atoms with Gasteiger partial charge in [-0.2, -0.15) is 0 Å². The van der Waals surface area contributed by atoms with E-state index in [2.05, 4.69) is 15.1 Å². The van der Waals surface area contributed by atoms with Gasteiger partial charge in [0.05, 0.1) is 37.0 Å². The van der Waals surface area contributed by atoms with Crippen LogP contribution in [-0.2, 0) is 19.9 Å². The Kier molecular flexibility index (Phi) is 8.86. The lowest BCUT2D eigenvalue weighted by Crippen LogP contribution is -2.56. The number of nitrogens with zero attached hydrogens (tertiary/aromatic N) is 3. The summed E-state index contributed by atoms with van der Waals surface area (Å²) in [5.41, 5.74) is -0.0291. The number of hydrogen-bond donors (Lipinski definition) is 1. The van der Waals surface area contributed by atoms with E-state index >= 15 is 0 Å². The van der Waals surface area contributed by atoms with Gasteiger partial charge in [0, 0.05) is 44.4 Å². The predicted octanol–water partition coefficient (Wildman–Crippen LogP) is 5.28. The van der Waals surface area contributed by atoms with Crippen LogP contribution in [0.5, 0.6) is 5.75 Å². The number of benzene rings is 2. The molecule has 1 atom stereocenters. The molecule has 3 saturated heterocycles. The van der Waals surface area contributed by atoms with E-state index in [4.69, 9.17) is 37.4 Å². The first-order chi connectivity index (χ1) is 19.9. The van der Waals surface area contributed by atoms with Gasteiger partial charge in [0.25, 0.3) is 0 Å². The Bertz CT molecular complexity index is 1310. The van der Waals surface area contributed by atoms with Crippen molar-refractivity contribution < 1.29 is 23.8 Å². The molecular weight excluding hydrogens is 579 g/mol. The Labute approximate surface area is 258 Å². The Balaban J connectivity index is 1.24. The van der Waals surface area contributed by atoms with Crippen LogP contribution in [0.3, 0.4) is 0 Å². The Morgan fingerprint density at radius 2 is 1.79 bits per heavy atom. The highest BCUT2D eigenvalue weighted by Crippen LogP contribution is 2.40. The maximum atomic E-state index is 13.1. The normalized spacial score (nSPS) is 22.5. The number of anilines is 1. The van der Waals surface area contributed by atoms with Crippen LogP contribution < -0.4 is 15.0 Å². The summed E-state index contributed by atoms with van der Waals surface area (Å²) in [5, 5.41) is 3.98. The third kappa shape index (κ3) is 6.30. The molecule has 2 amide bonds. The Hall–Kier alpha value is -2.72. The molecular formula is C31H40Cl2N4O5. The summed E-state index contributed by atoms with van der Waals surface area (Å²) in [6, 6.07) is 13.4. The molecule has 0 radical (unpaired) electrons. The molecule has 1 unspecified atom stereocenters. The van der Waals surface area contributed by atoms with Crippen molar-refractivity contribution in [1.29, 1.82) is 0 Å². The number of rotatable bonds is 7. The average molecular weight is 620 g/mol. The quantitative estimate of drug-likeness (QED) is 0.452. The van der Waals surface area contributed by atoms with Crippen LogP contribution in [-0.4, -0.2) is 86.0 Å². The van der Waals surface area contributed by atoms with Gasteiger partial charge in [-0.15, -0.1) is 0 Å². The number of halogens is 2. The third-order valence-electron chi connectivity index (χ3n) is 8.50. The van der Waals surface area contributed by atoms with E-state index in [-0.39, 0.29) is 12.0 Å². The van der Waals surface area contributed by atoms with Gasteiger partial charge in [0.15, 0.2) is 0 Å². The first kappa shape index (κ1) is 30.7. The molecule has 3 aliphatic rings. The SMILES string of the molecule is COc1cccc(N2CNC(=O)C23CCN(CCOC2(c4ccc(Cl)c(Cl)c4)CCN(C(=O)OC(C)(C)C)C2)CC3)c1. The van der Waals surface area contributed by atoms with E-state index in [1.807, 2.05) is 57.2 Å². The lowest BCUT2D eigenvalue weighted by molar-refractivity contribution is -0.125. The fourth-order valence-corrected chi connectivity index (χ4v) is 6.50. The fraction of sp³-hybridized carbons (Fsp3) is 0.548. The molecule has 228 valence electrons. The highest BCUT2D eigenvalue weighted by atomic mass is 35.5. The van der Waals surface area contributed by atoms with E-state index in [0.717, 1.165) is 30.1 Å². The number of methoxy groups -OCH3 is 1. The summed E-state index contributed by atoms with van der Waals surface area (Å²) >= 11 is 12.6. The van der Waals surface area contributed by atoms with E-state index in [1.54, 1.807) is 18.1 Å². The molecule has 0 aromatic heterocycles. The first-order valence-corrected chi connectivity index (χ1v) is 15.2. The summed E-state index contributed by atoms with van der Waals surface area (Å²) in [4.78, 5) is 32.2. The zero-order valence-electron chi connectivity index (χ0n) is 24.8. The molecule has 42 heavy (non-hydrogen) atoms. The second-order valence-corrected chi connectivity index (χ2v) is 13.1. The molecule has 0 bridgehead atoms. The largest absolute Gasteiger partial charge is 0.497 e. The van der Waals surface area contributed by atoms with E-state index in [1.165, 1.54) is 0 Å². The molecule has 3 fully saturated rings. The maximum Gasteiger partial charge on any atom is 0.410 e. The third-order valence-corrected chi connectivity index (χ3v) is 9.24. The number of carbonyl (C=O) groups is 2. The van der Waals surface area contributed by atoms with Crippen LogP contribution in [0.1, 0.15) is 45.6 Å². The minimum Gasteiger partial charge on any atom is -0.497 e. The van der Waals surface area contributed by atoms with Gasteiger partial charge in [0.1, 0.15) is 22.5 Å². The van der Waals surface area contributed by atoms with Gasteiger partial charge in [0.2, 0.25) is 5.91 Å². The van der Waals surface area contributed by atoms with Crippen molar-refractivity contribution in [3.63, 3.8) is 0 Å². The van der Waals surface area contributed by atoms with Crippen LogP contribution in [0.25, 0.3) is 0 Å². The van der Waals surface area contributed by atoms with Crippen LogP contribution in [0.4, 0.5) is 10.5 Å². The van der Waals surface area contributed by atoms with Crippen molar-refractivity contribution >= 4 is 40.9 Å². The monoisotopic (exact) mass is 618 g/mol. The maximum absolute atomic E-state index is 13.1. The number of carbonyl (C=O) groups excluding carboxylic acids is 2. The zero-order chi connectivity index (χ0) is 30.1. The summed E-state index contributed by atoms with van der Waals surface area (Å²) < 4.78 is 17.7. The zero-order valence-corrected chi connectivity index (χ0v) is 26.3. The Morgan fingerprint density at radius 3 is 2.48 bits per heavy atom. The molecule has 11 heteroatoms. The van der Waals surface area contributed by atoms with Gasteiger partial charge < -0.3 is 34.2 Å². The van der Waals surface area contributed by atoms with Crippen LogP contribution in [0.15, 0.2) is 42.5 Å². The van der Waals surface area contributed by atoms with E-state index < -0.39 is 16.7 Å². The molecule has 1 spiro atoms. The second kappa shape index (κ2) is 12.1. The number of hydrogen-bond acceptors (Lipinski definition) is 7. The van der Waals surface area contributed by atoms with E-state index in [9.17, 15) is 9.59 Å². The topological polar surface area (TPSA) is 83.6 Å². The van der Waals surface area contributed by atoms with Crippen molar-refractivity contribution in [2.75, 3.05) is 58.0 Å². The fourth-order valence-electron chi connectivity index (χ4n) is 6.20. The minimum absolute atomic E-state index is 0.0768. The van der Waals surface area contributed by atoms with Crippen molar-refractivity contribution in [1.82, 2.24) is 15.1 Å². The molecule has 3 aliphatic heterocycles. The lowest BCUT2D eigenvalue weighted by atomic mass is 9.85. The van der Waals surface area contributed by atoms with Crippen LogP contribution in [0, 0.1) is 0 Å². The van der Waals surface area contributed by atoms with Crippen LogP contribution in [0.2, 0.25) is 10.0 Å². The van der Waals surface area contributed by atoms with E-state index in [0.29, 0.717) is 62.2 Å². The smallest absolute Gasteiger partial charge is 0.410 e. The molecule has 9 nitrogen and oxygen atoms in total. The van der Waals surface area contributed by atoms with Gasteiger partial charge in [-0.1, -0.05) is 35.3 Å². The van der Waals surface area contributed by atoms with Gasteiger partial charge in [-0.3, -0.25) is 4.79 Å². The van der Waals surface area contributed by atoms with Gasteiger partial charge in [-0.05, 0) is 63.4 Å². The summed E-state index contributed by atoms with van der Waals surface area (Å²) in [5.74, 6) is 0.845. The lowest BCUT2D eigenvalue weighted by Gasteiger charge is -2.43. The molecule has 2 aromatic rings. The standard InChI is InChI=1S/C31H40Cl2N4O5/c1-29(2,3)42-28(39)36-15-12-31(20-36,22-8-9-25(32)26(33)18-22)41-17-16-35-13-10-30(11-14-35)27(38)34-21-37(30)23-6-5-7-24(19-23)40-4/h5-9,18-19H,10-17,20-21H2,1-4H3,(H,34,38). The van der Waals surface area contributed by atoms with Crippen molar-refractivity contribution in [3.05, 3.63) is 58.1 Å². The van der Waals surface area contributed by atoms with Gasteiger partial charge >= 0.3 is 6.09 Å². The number of ether oxygens (including phenoxy) is 3. The highest BCUT2D eigenvalue weighted by molar-refractivity contribution is 6.42. The van der Waals surface area contributed by atoms with Crippen molar-refractivity contribution in [2.24, 2.45) is 0 Å². The second-order valence-electron chi connectivity index (χ2n) is 12.3. The Morgan fingerprint density at radius 1 is 1.02 bits per heavy atom. The summed E-state index contributed by atoms with van der Waals surface area (Å²) in [6.45, 7) is 9.62. The van der Waals surface area contributed by atoms with Crippen LogP contribution >= 0.6 is 23.2 Å². The number of nitrogens with one attached hydrogen (secondary N) is 1. The highest BCUT2D eigenvalue weighted by Gasteiger charge is 2.50. The first-order valence-electron chi connectivity index (χ1n) is 14.4. The molecule has 1 N–H and O–H groups in total. The predicted molar refractivity (Wildman–Crippen MR) is 163 cm³/mol. The average Bonchev–Trinajstić information content (AvgIpc) is 3.53. The number of piperidine rings is 1. The minimum atomic E-state index is -0.726. The summed E-state index contributed by atoms with van der Waals surface area (Å²) in [7, 11) is 1.65. The molecule has 5 rings (SSSR count). The van der Waals surface area contributed by atoms with Crippen molar-refractivity contribution in [3.8, 4) is 5.75 Å². The molecule has 2 aromatic carbocycles. The number of amides is 2. The number of likely N-dealkylation sites (tertiary alicyclic amines) is 2. The molecule has 0 saturated carbocycles. The molecule has 3 heterocycles. The van der Waals surface area contributed by atoms with Crippen molar-refractivity contribution in [2.45, 2.75) is 56.8 Å². The molecule has 0 aliphatic carbocycles. The summed E-state index contributed by atoms with van der Waals surface area (Å²) in [6.07, 6.45) is 1.67.